The van der Waals surface area contributed by atoms with Gasteiger partial charge in [-0.2, -0.15) is 0 Å². The summed E-state index contributed by atoms with van der Waals surface area (Å²) in [5.41, 5.74) is 9.13. The molecule has 2 heterocycles. The third kappa shape index (κ3) is 2.55. The van der Waals surface area contributed by atoms with E-state index >= 15 is 0 Å². The minimum Gasteiger partial charge on any atom is -0.430 e. The van der Waals surface area contributed by atoms with Crippen LogP contribution in [0.1, 0.15) is 11.4 Å². The molecule has 3 rings (SSSR count). The largest absolute Gasteiger partial charge is 0.430 e. The number of oxazole rings is 1. The summed E-state index contributed by atoms with van der Waals surface area (Å²) in [5, 5.41) is 0.203. The van der Waals surface area contributed by atoms with E-state index in [2.05, 4.69) is 9.97 Å². The van der Waals surface area contributed by atoms with Crippen molar-refractivity contribution in [3.8, 4) is 0 Å². The van der Waals surface area contributed by atoms with Gasteiger partial charge in [0.2, 0.25) is 0 Å². The SMILES string of the molecule is Cc1cccc(CS(=O)c2nc3cc(N)ccc3o2)n1. The number of pyridine rings is 1. The highest BCUT2D eigenvalue weighted by molar-refractivity contribution is 7.84. The van der Waals surface area contributed by atoms with E-state index in [0.29, 0.717) is 16.8 Å². The van der Waals surface area contributed by atoms with Crippen molar-refractivity contribution in [1.29, 1.82) is 0 Å². The van der Waals surface area contributed by atoms with E-state index < -0.39 is 10.8 Å². The predicted octanol–water partition coefficient (Wildman–Crippen LogP) is 2.42. The van der Waals surface area contributed by atoms with Crippen LogP contribution in [0.4, 0.5) is 5.69 Å². The van der Waals surface area contributed by atoms with Gasteiger partial charge in [-0.25, -0.2) is 9.19 Å². The van der Waals surface area contributed by atoms with Gasteiger partial charge >= 0.3 is 0 Å². The Kier molecular flexibility index (Phi) is 3.23. The molecule has 0 aliphatic carbocycles. The number of benzene rings is 1. The van der Waals surface area contributed by atoms with Gasteiger partial charge in [0.15, 0.2) is 5.58 Å². The molecule has 0 aliphatic rings. The highest BCUT2D eigenvalue weighted by Crippen LogP contribution is 2.21. The lowest BCUT2D eigenvalue weighted by Gasteiger charge is -1.99. The molecule has 102 valence electrons. The highest BCUT2D eigenvalue weighted by Gasteiger charge is 2.14. The maximum absolute atomic E-state index is 12.3. The van der Waals surface area contributed by atoms with E-state index in [-0.39, 0.29) is 11.0 Å². The summed E-state index contributed by atoms with van der Waals surface area (Å²) in [5.74, 6) is 0.282. The Labute approximate surface area is 118 Å². The van der Waals surface area contributed by atoms with Crippen LogP contribution in [0.2, 0.25) is 0 Å². The molecule has 0 aliphatic heterocycles. The molecule has 5 nitrogen and oxygen atoms in total. The average molecular weight is 287 g/mol. The van der Waals surface area contributed by atoms with Gasteiger partial charge in [0.25, 0.3) is 5.22 Å². The molecule has 20 heavy (non-hydrogen) atoms. The molecule has 0 radical (unpaired) electrons. The Morgan fingerprint density at radius 3 is 2.90 bits per heavy atom. The molecule has 1 unspecified atom stereocenters. The van der Waals surface area contributed by atoms with Gasteiger partial charge < -0.3 is 10.2 Å². The molecular weight excluding hydrogens is 274 g/mol. The molecule has 0 saturated carbocycles. The Hall–Kier alpha value is -2.21. The second kappa shape index (κ2) is 5.05. The van der Waals surface area contributed by atoms with Gasteiger partial charge in [-0.05, 0) is 37.3 Å². The van der Waals surface area contributed by atoms with Crippen LogP contribution < -0.4 is 5.73 Å². The molecule has 0 spiro atoms. The molecule has 0 fully saturated rings. The van der Waals surface area contributed by atoms with Crippen LogP contribution in [0.5, 0.6) is 0 Å². The number of fused-ring (bicyclic) bond motifs is 1. The van der Waals surface area contributed by atoms with Gasteiger partial charge in [0, 0.05) is 11.4 Å². The average Bonchev–Trinajstić information content (AvgIpc) is 2.81. The first kappa shape index (κ1) is 12.8. The van der Waals surface area contributed by atoms with Gasteiger partial charge in [-0.3, -0.25) is 4.98 Å². The Morgan fingerprint density at radius 1 is 1.25 bits per heavy atom. The number of nitrogens with two attached hydrogens (primary N) is 1. The van der Waals surface area contributed by atoms with Crippen molar-refractivity contribution in [3.05, 3.63) is 47.8 Å². The third-order valence-corrected chi connectivity index (χ3v) is 3.93. The normalized spacial score (nSPS) is 12.7. The fraction of sp³-hybridized carbons (Fsp3) is 0.143. The molecule has 1 atom stereocenters. The number of hydrogen-bond donors (Lipinski definition) is 1. The lowest BCUT2D eigenvalue weighted by Crippen LogP contribution is -1.99. The van der Waals surface area contributed by atoms with Gasteiger partial charge in [0.05, 0.1) is 11.4 Å². The summed E-state index contributed by atoms with van der Waals surface area (Å²) in [6, 6.07) is 10.8. The Bertz CT molecular complexity index is 798. The monoisotopic (exact) mass is 287 g/mol. The third-order valence-electron chi connectivity index (χ3n) is 2.81. The van der Waals surface area contributed by atoms with Crippen molar-refractivity contribution in [2.45, 2.75) is 17.9 Å². The maximum atomic E-state index is 12.3. The summed E-state index contributed by atoms with van der Waals surface area (Å²) >= 11 is 0. The van der Waals surface area contributed by atoms with Crippen LogP contribution in [0.25, 0.3) is 11.1 Å². The van der Waals surface area contributed by atoms with Crippen molar-refractivity contribution in [3.63, 3.8) is 0 Å². The first-order valence-electron chi connectivity index (χ1n) is 6.09. The molecule has 1 aromatic carbocycles. The van der Waals surface area contributed by atoms with Crippen LogP contribution >= 0.6 is 0 Å². The predicted molar refractivity (Wildman–Crippen MR) is 77.5 cm³/mol. The zero-order chi connectivity index (χ0) is 14.1. The summed E-state index contributed by atoms with van der Waals surface area (Å²) in [4.78, 5) is 8.54. The fourth-order valence-electron chi connectivity index (χ4n) is 1.90. The lowest BCUT2D eigenvalue weighted by atomic mass is 10.3. The molecule has 0 amide bonds. The van der Waals surface area contributed by atoms with E-state index in [0.717, 1.165) is 11.4 Å². The van der Waals surface area contributed by atoms with E-state index in [1.807, 2.05) is 25.1 Å². The first-order chi connectivity index (χ1) is 9.61. The lowest BCUT2D eigenvalue weighted by molar-refractivity contribution is 0.477. The second-order valence-electron chi connectivity index (χ2n) is 4.47. The van der Waals surface area contributed by atoms with Crippen LogP contribution in [0, 0.1) is 6.92 Å². The molecule has 0 bridgehead atoms. The van der Waals surface area contributed by atoms with Crippen molar-refractivity contribution in [1.82, 2.24) is 9.97 Å². The van der Waals surface area contributed by atoms with Crippen LogP contribution in [0.15, 0.2) is 46.0 Å². The standard InChI is InChI=1S/C14H13N3O2S/c1-9-3-2-4-11(16-9)8-20(18)14-17-12-7-10(15)5-6-13(12)19-14/h2-7H,8,15H2,1H3. The smallest absolute Gasteiger partial charge is 0.288 e. The molecule has 6 heteroatoms. The van der Waals surface area contributed by atoms with Crippen LogP contribution in [-0.4, -0.2) is 14.2 Å². The van der Waals surface area contributed by atoms with E-state index in [4.69, 9.17) is 10.2 Å². The molecule has 0 saturated heterocycles. The minimum atomic E-state index is -1.36. The maximum Gasteiger partial charge on any atom is 0.288 e. The number of rotatable bonds is 3. The van der Waals surface area contributed by atoms with Crippen LogP contribution in [-0.2, 0) is 16.6 Å². The van der Waals surface area contributed by atoms with Crippen molar-refractivity contribution < 1.29 is 8.63 Å². The van der Waals surface area contributed by atoms with E-state index in [9.17, 15) is 4.21 Å². The quantitative estimate of drug-likeness (QED) is 0.748. The van der Waals surface area contributed by atoms with Crippen molar-refractivity contribution >= 4 is 27.6 Å². The molecule has 3 aromatic rings. The molecule has 2 N–H and O–H groups in total. The van der Waals surface area contributed by atoms with Gasteiger partial charge in [0.1, 0.15) is 16.3 Å². The zero-order valence-corrected chi connectivity index (χ0v) is 11.7. The van der Waals surface area contributed by atoms with E-state index in [1.165, 1.54) is 0 Å². The summed E-state index contributed by atoms with van der Waals surface area (Å²) < 4.78 is 17.8. The van der Waals surface area contributed by atoms with Crippen molar-refractivity contribution in [2.75, 3.05) is 5.73 Å². The number of nitrogen functional groups attached to an aromatic ring is 1. The van der Waals surface area contributed by atoms with Gasteiger partial charge in [-0.1, -0.05) is 6.07 Å². The number of anilines is 1. The highest BCUT2D eigenvalue weighted by atomic mass is 32.2. The summed E-state index contributed by atoms with van der Waals surface area (Å²) in [7, 11) is -1.36. The number of aryl methyl sites for hydroxylation is 1. The van der Waals surface area contributed by atoms with Crippen LogP contribution in [0.3, 0.4) is 0 Å². The Morgan fingerprint density at radius 2 is 2.10 bits per heavy atom. The summed E-state index contributed by atoms with van der Waals surface area (Å²) in [6.45, 7) is 1.90. The topological polar surface area (TPSA) is 82.0 Å². The summed E-state index contributed by atoms with van der Waals surface area (Å²) in [6.07, 6.45) is 0. The zero-order valence-electron chi connectivity index (χ0n) is 10.9. The first-order valence-corrected chi connectivity index (χ1v) is 7.41. The van der Waals surface area contributed by atoms with Gasteiger partial charge in [-0.15, -0.1) is 0 Å². The molecule has 2 aromatic heterocycles. The van der Waals surface area contributed by atoms with E-state index in [1.54, 1.807) is 18.2 Å². The number of hydrogen-bond acceptors (Lipinski definition) is 5. The Balaban J connectivity index is 1.88. The molecular formula is C14H13N3O2S. The minimum absolute atomic E-state index is 0.203. The number of aromatic nitrogens is 2. The fourth-order valence-corrected chi connectivity index (χ4v) is 2.83. The second-order valence-corrected chi connectivity index (χ2v) is 5.80. The number of nitrogens with zero attached hydrogens (tertiary/aromatic N) is 2. The van der Waals surface area contributed by atoms with Crippen molar-refractivity contribution in [2.24, 2.45) is 0 Å².